The molecule has 0 fully saturated rings. The molecule has 0 saturated carbocycles. The maximum absolute atomic E-state index is 13.0. The lowest BCUT2D eigenvalue weighted by Crippen LogP contribution is -2.32. The second-order valence-corrected chi connectivity index (χ2v) is 6.53. The van der Waals surface area contributed by atoms with Crippen LogP contribution in [0.25, 0.3) is 16.9 Å². The lowest BCUT2D eigenvalue weighted by Gasteiger charge is -2.13. The highest BCUT2D eigenvalue weighted by atomic mass is 16.5. The lowest BCUT2D eigenvalue weighted by atomic mass is 10.1. The van der Waals surface area contributed by atoms with Crippen molar-refractivity contribution in [3.05, 3.63) is 66.4 Å². The second kappa shape index (κ2) is 8.54. The van der Waals surface area contributed by atoms with E-state index in [-0.39, 0.29) is 11.9 Å². The number of nitrogens with one attached hydrogen (secondary N) is 1. The Bertz CT molecular complexity index is 903. The van der Waals surface area contributed by atoms with Crippen molar-refractivity contribution in [1.29, 1.82) is 0 Å². The summed E-state index contributed by atoms with van der Waals surface area (Å²) in [6.07, 6.45) is 3.73. The first-order valence-corrected chi connectivity index (χ1v) is 9.23. The van der Waals surface area contributed by atoms with Gasteiger partial charge in [0.05, 0.1) is 18.4 Å². The van der Waals surface area contributed by atoms with Gasteiger partial charge in [-0.1, -0.05) is 43.7 Å². The number of carbonyl (C=O) groups excluding carboxylic acids is 1. The van der Waals surface area contributed by atoms with Crippen LogP contribution in [0.3, 0.4) is 0 Å². The summed E-state index contributed by atoms with van der Waals surface area (Å²) < 4.78 is 7.23. The van der Waals surface area contributed by atoms with Crippen molar-refractivity contribution < 1.29 is 9.53 Å². The van der Waals surface area contributed by atoms with E-state index in [1.807, 2.05) is 61.5 Å². The van der Waals surface area contributed by atoms with Crippen LogP contribution in [0.1, 0.15) is 37.0 Å². The van der Waals surface area contributed by atoms with E-state index >= 15 is 0 Å². The molecule has 0 aliphatic carbocycles. The zero-order chi connectivity index (χ0) is 19.2. The summed E-state index contributed by atoms with van der Waals surface area (Å²) in [5.74, 6) is 0.561. The van der Waals surface area contributed by atoms with Gasteiger partial charge in [-0.3, -0.25) is 4.79 Å². The number of para-hydroxylation sites is 2. The van der Waals surface area contributed by atoms with Gasteiger partial charge in [0.25, 0.3) is 5.91 Å². The Labute approximate surface area is 160 Å². The summed E-state index contributed by atoms with van der Waals surface area (Å²) >= 11 is 0. The molecular formula is C22H25N3O2. The van der Waals surface area contributed by atoms with Crippen molar-refractivity contribution in [3.63, 3.8) is 0 Å². The quantitative estimate of drug-likeness (QED) is 0.674. The topological polar surface area (TPSA) is 56.2 Å². The van der Waals surface area contributed by atoms with Crippen LogP contribution in [0.5, 0.6) is 5.75 Å². The standard InChI is InChI=1S/C22H25N3O2/c1-4-10-16(2)23-22(26)19-15-25(17-11-6-5-7-12-17)24-21(19)18-13-8-9-14-20(18)27-3/h5-9,11-16H,4,10H2,1-3H3,(H,23,26). The largest absolute Gasteiger partial charge is 0.496 e. The van der Waals surface area contributed by atoms with Crippen molar-refractivity contribution >= 4 is 5.91 Å². The Kier molecular flexibility index (Phi) is 5.91. The number of amides is 1. The number of hydrogen-bond acceptors (Lipinski definition) is 3. The van der Waals surface area contributed by atoms with Gasteiger partial charge >= 0.3 is 0 Å². The number of hydrogen-bond donors (Lipinski definition) is 1. The van der Waals surface area contributed by atoms with Gasteiger partial charge in [-0.05, 0) is 37.6 Å². The molecule has 5 nitrogen and oxygen atoms in total. The van der Waals surface area contributed by atoms with Crippen LogP contribution in [0.4, 0.5) is 0 Å². The van der Waals surface area contributed by atoms with Gasteiger partial charge < -0.3 is 10.1 Å². The minimum Gasteiger partial charge on any atom is -0.496 e. The minimum absolute atomic E-state index is 0.105. The number of rotatable bonds is 7. The number of benzene rings is 2. The van der Waals surface area contributed by atoms with Gasteiger partial charge in [0.1, 0.15) is 11.4 Å². The molecule has 1 amide bonds. The SMILES string of the molecule is CCCC(C)NC(=O)c1cn(-c2ccccc2)nc1-c1ccccc1OC. The molecule has 1 unspecified atom stereocenters. The number of nitrogens with zero attached hydrogens (tertiary/aromatic N) is 2. The van der Waals surface area contributed by atoms with Gasteiger partial charge in [-0.2, -0.15) is 5.10 Å². The average Bonchev–Trinajstić information content (AvgIpc) is 3.14. The maximum Gasteiger partial charge on any atom is 0.255 e. The number of aromatic nitrogens is 2. The summed E-state index contributed by atoms with van der Waals surface area (Å²) in [6.45, 7) is 4.13. The van der Waals surface area contributed by atoms with Crippen LogP contribution in [0.15, 0.2) is 60.8 Å². The summed E-state index contributed by atoms with van der Waals surface area (Å²) in [4.78, 5) is 13.0. The van der Waals surface area contributed by atoms with Crippen molar-refractivity contribution in [2.75, 3.05) is 7.11 Å². The summed E-state index contributed by atoms with van der Waals surface area (Å²) in [5.41, 5.74) is 2.83. The summed E-state index contributed by atoms with van der Waals surface area (Å²) in [7, 11) is 1.62. The predicted octanol–water partition coefficient (Wildman–Crippen LogP) is 4.47. The number of methoxy groups -OCH3 is 1. The molecule has 3 aromatic rings. The Hall–Kier alpha value is -3.08. The van der Waals surface area contributed by atoms with Crippen LogP contribution in [0, 0.1) is 0 Å². The molecule has 1 N–H and O–H groups in total. The molecule has 5 heteroatoms. The molecule has 1 aromatic heterocycles. The fourth-order valence-electron chi connectivity index (χ4n) is 3.10. The Morgan fingerprint density at radius 3 is 2.56 bits per heavy atom. The molecule has 0 aliphatic rings. The molecule has 1 heterocycles. The minimum atomic E-state index is -0.126. The molecule has 0 bridgehead atoms. The molecule has 3 rings (SSSR count). The van der Waals surface area contributed by atoms with Crippen LogP contribution >= 0.6 is 0 Å². The third-order valence-electron chi connectivity index (χ3n) is 4.44. The van der Waals surface area contributed by atoms with Crippen molar-refractivity contribution in [2.24, 2.45) is 0 Å². The lowest BCUT2D eigenvalue weighted by molar-refractivity contribution is 0.0939. The first kappa shape index (κ1) is 18.7. The van der Waals surface area contributed by atoms with E-state index in [1.165, 1.54) is 0 Å². The van der Waals surface area contributed by atoms with Crippen LogP contribution < -0.4 is 10.1 Å². The highest BCUT2D eigenvalue weighted by Crippen LogP contribution is 2.31. The van der Waals surface area contributed by atoms with Gasteiger partial charge in [0.2, 0.25) is 0 Å². The van der Waals surface area contributed by atoms with Crippen molar-refractivity contribution in [2.45, 2.75) is 32.7 Å². The zero-order valence-corrected chi connectivity index (χ0v) is 16.0. The van der Waals surface area contributed by atoms with Gasteiger partial charge in [-0.15, -0.1) is 0 Å². The van der Waals surface area contributed by atoms with E-state index in [2.05, 4.69) is 12.2 Å². The van der Waals surface area contributed by atoms with E-state index in [0.29, 0.717) is 17.0 Å². The van der Waals surface area contributed by atoms with Crippen molar-refractivity contribution in [3.8, 4) is 22.7 Å². The zero-order valence-electron chi connectivity index (χ0n) is 16.0. The van der Waals surface area contributed by atoms with Crippen LogP contribution in [-0.2, 0) is 0 Å². The Morgan fingerprint density at radius 2 is 1.85 bits per heavy atom. The second-order valence-electron chi connectivity index (χ2n) is 6.53. The molecule has 0 saturated heterocycles. The smallest absolute Gasteiger partial charge is 0.255 e. The summed E-state index contributed by atoms with van der Waals surface area (Å²) in [6, 6.07) is 17.5. The highest BCUT2D eigenvalue weighted by Gasteiger charge is 2.21. The van der Waals surface area contributed by atoms with Gasteiger partial charge in [-0.25, -0.2) is 4.68 Å². The third-order valence-corrected chi connectivity index (χ3v) is 4.44. The first-order valence-electron chi connectivity index (χ1n) is 9.23. The number of carbonyl (C=O) groups is 1. The van der Waals surface area contributed by atoms with E-state index in [4.69, 9.17) is 9.84 Å². The fraction of sp³-hybridized carbons (Fsp3) is 0.273. The predicted molar refractivity (Wildman–Crippen MR) is 107 cm³/mol. The first-order chi connectivity index (χ1) is 13.1. The van der Waals surface area contributed by atoms with Crippen LogP contribution in [0.2, 0.25) is 0 Å². The van der Waals surface area contributed by atoms with Crippen LogP contribution in [-0.4, -0.2) is 28.8 Å². The Balaban J connectivity index is 2.07. The average molecular weight is 363 g/mol. The number of ether oxygens (including phenoxy) is 1. The van der Waals surface area contributed by atoms with Gasteiger partial charge in [0.15, 0.2) is 0 Å². The molecule has 0 radical (unpaired) electrons. The molecule has 1 atom stereocenters. The fourth-order valence-corrected chi connectivity index (χ4v) is 3.10. The highest BCUT2D eigenvalue weighted by molar-refractivity contribution is 6.00. The third kappa shape index (κ3) is 4.19. The molecule has 0 spiro atoms. The molecule has 27 heavy (non-hydrogen) atoms. The molecule has 0 aliphatic heterocycles. The monoisotopic (exact) mass is 363 g/mol. The van der Waals surface area contributed by atoms with E-state index in [0.717, 1.165) is 24.1 Å². The maximum atomic E-state index is 13.0. The van der Waals surface area contributed by atoms with E-state index in [9.17, 15) is 4.79 Å². The Morgan fingerprint density at radius 1 is 1.15 bits per heavy atom. The van der Waals surface area contributed by atoms with Crippen molar-refractivity contribution in [1.82, 2.24) is 15.1 Å². The van der Waals surface area contributed by atoms with E-state index < -0.39 is 0 Å². The summed E-state index contributed by atoms with van der Waals surface area (Å²) in [5, 5.41) is 7.79. The molecule has 2 aromatic carbocycles. The molecular weight excluding hydrogens is 338 g/mol. The normalized spacial score (nSPS) is 11.8. The molecule has 140 valence electrons. The van der Waals surface area contributed by atoms with E-state index in [1.54, 1.807) is 18.0 Å². The van der Waals surface area contributed by atoms with Gasteiger partial charge in [0, 0.05) is 17.8 Å².